The van der Waals surface area contributed by atoms with Crippen molar-refractivity contribution in [2.75, 3.05) is 5.32 Å². The fourth-order valence-electron chi connectivity index (χ4n) is 3.57. The first-order valence-electron chi connectivity index (χ1n) is 9.98. The lowest BCUT2D eigenvalue weighted by molar-refractivity contribution is -0.116. The minimum atomic E-state index is -0.581. The summed E-state index contributed by atoms with van der Waals surface area (Å²) in [6.45, 7) is 4.89. The van der Waals surface area contributed by atoms with Crippen LogP contribution in [0.5, 0.6) is 0 Å². The molecule has 2 heterocycles. The molecule has 2 aromatic carbocycles. The SMILES string of the molecule is CC(=O)c1cccc(NC(=O)Cn2c(=O)n(-c3cc(C)ccc3C)c(=O)c3sccc32)c1. The number of carbonyl (C=O) groups excluding carboxylic acids is 2. The minimum absolute atomic E-state index is 0.113. The summed E-state index contributed by atoms with van der Waals surface area (Å²) < 4.78 is 2.83. The first-order chi connectivity index (χ1) is 15.3. The second-order valence-corrected chi connectivity index (χ2v) is 8.54. The van der Waals surface area contributed by atoms with E-state index in [9.17, 15) is 19.2 Å². The molecule has 0 aliphatic heterocycles. The standard InChI is InChI=1S/C24H21N3O4S/c1-14-7-8-15(2)20(11-14)27-23(30)22-19(9-10-32-22)26(24(27)31)13-21(29)25-18-6-4-5-17(12-18)16(3)28/h4-12H,13H2,1-3H3,(H,25,29). The summed E-state index contributed by atoms with van der Waals surface area (Å²) in [7, 11) is 0. The number of hydrogen-bond donors (Lipinski definition) is 1. The van der Waals surface area contributed by atoms with Crippen LogP contribution >= 0.6 is 11.3 Å². The van der Waals surface area contributed by atoms with E-state index in [1.165, 1.54) is 22.8 Å². The van der Waals surface area contributed by atoms with Crippen molar-refractivity contribution < 1.29 is 9.59 Å². The van der Waals surface area contributed by atoms with Gasteiger partial charge in [-0.25, -0.2) is 9.36 Å². The van der Waals surface area contributed by atoms with Crippen LogP contribution in [0, 0.1) is 13.8 Å². The summed E-state index contributed by atoms with van der Waals surface area (Å²) in [6.07, 6.45) is 0. The molecule has 1 N–H and O–H groups in total. The average molecular weight is 448 g/mol. The quantitative estimate of drug-likeness (QED) is 0.473. The molecule has 0 unspecified atom stereocenters. The van der Waals surface area contributed by atoms with Crippen molar-refractivity contribution in [1.82, 2.24) is 9.13 Å². The molecule has 0 aliphatic carbocycles. The first kappa shape index (κ1) is 21.5. The number of anilines is 1. The van der Waals surface area contributed by atoms with Gasteiger partial charge in [-0.2, -0.15) is 0 Å². The number of amides is 1. The Labute approximate surface area is 187 Å². The van der Waals surface area contributed by atoms with Crippen molar-refractivity contribution in [2.45, 2.75) is 27.3 Å². The fraction of sp³-hybridized carbons (Fsp3) is 0.167. The largest absolute Gasteiger partial charge is 0.336 e. The Morgan fingerprint density at radius 1 is 1.03 bits per heavy atom. The zero-order chi connectivity index (χ0) is 23.0. The van der Waals surface area contributed by atoms with Gasteiger partial charge in [0.05, 0.1) is 11.2 Å². The highest BCUT2D eigenvalue weighted by atomic mass is 32.1. The zero-order valence-electron chi connectivity index (χ0n) is 17.8. The predicted molar refractivity (Wildman–Crippen MR) is 126 cm³/mol. The van der Waals surface area contributed by atoms with Crippen molar-refractivity contribution in [3.63, 3.8) is 0 Å². The van der Waals surface area contributed by atoms with Crippen molar-refractivity contribution >= 4 is 38.9 Å². The molecular formula is C24H21N3O4S. The lowest BCUT2D eigenvalue weighted by atomic mass is 10.1. The number of carbonyl (C=O) groups is 2. The van der Waals surface area contributed by atoms with E-state index in [-0.39, 0.29) is 12.3 Å². The third kappa shape index (κ3) is 3.92. The molecule has 0 spiro atoms. The fourth-order valence-corrected chi connectivity index (χ4v) is 4.40. The summed E-state index contributed by atoms with van der Waals surface area (Å²) in [4.78, 5) is 50.9. The monoisotopic (exact) mass is 447 g/mol. The minimum Gasteiger partial charge on any atom is -0.325 e. The molecule has 1 amide bonds. The summed E-state index contributed by atoms with van der Waals surface area (Å²) in [5, 5.41) is 4.46. The van der Waals surface area contributed by atoms with Gasteiger partial charge in [-0.05, 0) is 61.5 Å². The Morgan fingerprint density at radius 3 is 2.56 bits per heavy atom. The number of aromatic nitrogens is 2. The third-order valence-electron chi connectivity index (χ3n) is 5.21. The van der Waals surface area contributed by atoms with Gasteiger partial charge in [0.25, 0.3) is 5.56 Å². The van der Waals surface area contributed by atoms with Crippen LogP contribution in [0.4, 0.5) is 5.69 Å². The van der Waals surface area contributed by atoms with E-state index in [4.69, 9.17) is 0 Å². The molecule has 0 radical (unpaired) electrons. The third-order valence-corrected chi connectivity index (χ3v) is 6.11. The Balaban J connectivity index is 1.79. The molecule has 0 saturated carbocycles. The van der Waals surface area contributed by atoms with Crippen LogP contribution in [-0.4, -0.2) is 20.8 Å². The van der Waals surface area contributed by atoms with E-state index in [1.807, 2.05) is 26.0 Å². The van der Waals surface area contributed by atoms with Gasteiger partial charge in [0.1, 0.15) is 11.2 Å². The number of rotatable bonds is 5. The number of thiophene rings is 1. The lowest BCUT2D eigenvalue weighted by Crippen LogP contribution is -2.40. The highest BCUT2D eigenvalue weighted by Gasteiger charge is 2.19. The molecule has 0 bridgehead atoms. The summed E-state index contributed by atoms with van der Waals surface area (Å²) in [5.41, 5.74) is 2.56. The number of nitrogens with zero attached hydrogens (tertiary/aromatic N) is 2. The number of fused-ring (bicyclic) bond motifs is 1. The summed E-state index contributed by atoms with van der Waals surface area (Å²) in [6, 6.07) is 13.8. The highest BCUT2D eigenvalue weighted by Crippen LogP contribution is 2.19. The van der Waals surface area contributed by atoms with Crippen LogP contribution in [0.1, 0.15) is 28.4 Å². The Hall–Kier alpha value is -3.78. The maximum Gasteiger partial charge on any atom is 0.336 e. The zero-order valence-corrected chi connectivity index (χ0v) is 18.7. The van der Waals surface area contributed by atoms with Crippen molar-refractivity contribution in [3.8, 4) is 5.69 Å². The number of aryl methyl sites for hydroxylation is 2. The van der Waals surface area contributed by atoms with Gasteiger partial charge in [0.15, 0.2) is 5.78 Å². The van der Waals surface area contributed by atoms with Crippen molar-refractivity contribution in [2.24, 2.45) is 0 Å². The second-order valence-electron chi connectivity index (χ2n) is 7.62. The summed E-state index contributed by atoms with van der Waals surface area (Å²) in [5.74, 6) is -0.552. The van der Waals surface area contributed by atoms with E-state index < -0.39 is 17.2 Å². The van der Waals surface area contributed by atoms with E-state index >= 15 is 0 Å². The molecule has 0 saturated heterocycles. The molecule has 8 heteroatoms. The van der Waals surface area contributed by atoms with Crippen molar-refractivity contribution in [1.29, 1.82) is 0 Å². The first-order valence-corrected chi connectivity index (χ1v) is 10.9. The van der Waals surface area contributed by atoms with Gasteiger partial charge in [-0.1, -0.05) is 24.3 Å². The smallest absolute Gasteiger partial charge is 0.325 e. The van der Waals surface area contributed by atoms with Gasteiger partial charge in [-0.3, -0.25) is 19.0 Å². The number of Topliss-reactive ketones (excluding diaryl/α,β-unsaturated/α-hetero) is 1. The Kier molecular flexibility index (Phi) is 5.63. The number of benzene rings is 2. The predicted octanol–water partition coefficient (Wildman–Crippen LogP) is 3.67. The van der Waals surface area contributed by atoms with Crippen LogP contribution in [0.15, 0.2) is 63.5 Å². The number of ketones is 1. The maximum atomic E-state index is 13.4. The molecule has 32 heavy (non-hydrogen) atoms. The second kappa shape index (κ2) is 8.39. The van der Waals surface area contributed by atoms with E-state index in [0.717, 1.165) is 15.7 Å². The van der Waals surface area contributed by atoms with Gasteiger partial charge in [0, 0.05) is 11.3 Å². The Bertz CT molecular complexity index is 1490. The van der Waals surface area contributed by atoms with Crippen LogP contribution in [-0.2, 0) is 11.3 Å². The van der Waals surface area contributed by atoms with Gasteiger partial charge in [-0.15, -0.1) is 11.3 Å². The van der Waals surface area contributed by atoms with E-state index in [0.29, 0.717) is 27.2 Å². The maximum absolute atomic E-state index is 13.4. The van der Waals surface area contributed by atoms with Crippen molar-refractivity contribution in [3.05, 3.63) is 91.4 Å². The molecule has 162 valence electrons. The highest BCUT2D eigenvalue weighted by molar-refractivity contribution is 7.17. The molecule has 4 aromatic rings. The van der Waals surface area contributed by atoms with E-state index in [2.05, 4.69) is 5.32 Å². The molecule has 0 aliphatic rings. The molecule has 2 aromatic heterocycles. The average Bonchev–Trinajstić information content (AvgIpc) is 3.24. The van der Waals surface area contributed by atoms with Gasteiger partial charge < -0.3 is 5.32 Å². The van der Waals surface area contributed by atoms with Gasteiger partial charge >= 0.3 is 5.69 Å². The van der Waals surface area contributed by atoms with Crippen LogP contribution in [0.2, 0.25) is 0 Å². The molecule has 0 fully saturated rings. The van der Waals surface area contributed by atoms with E-state index in [1.54, 1.807) is 41.8 Å². The molecule has 7 nitrogen and oxygen atoms in total. The van der Waals surface area contributed by atoms with Crippen LogP contribution in [0.3, 0.4) is 0 Å². The van der Waals surface area contributed by atoms with Crippen LogP contribution < -0.4 is 16.6 Å². The number of hydrogen-bond acceptors (Lipinski definition) is 5. The number of nitrogens with one attached hydrogen (secondary N) is 1. The van der Waals surface area contributed by atoms with Crippen LogP contribution in [0.25, 0.3) is 15.9 Å². The normalized spacial score (nSPS) is 11.0. The summed E-state index contributed by atoms with van der Waals surface area (Å²) >= 11 is 1.23. The lowest BCUT2D eigenvalue weighted by Gasteiger charge is -2.14. The molecular weight excluding hydrogens is 426 g/mol. The van der Waals surface area contributed by atoms with Gasteiger partial charge in [0.2, 0.25) is 5.91 Å². The molecule has 0 atom stereocenters. The Morgan fingerprint density at radius 2 is 1.81 bits per heavy atom. The topological polar surface area (TPSA) is 90.2 Å². The molecule has 4 rings (SSSR count).